The number of aromatic nitrogens is 3. The third kappa shape index (κ3) is 2.05. The minimum Gasteiger partial charge on any atom is -0.388 e. The second-order valence-electron chi connectivity index (χ2n) is 5.04. The lowest BCUT2D eigenvalue weighted by molar-refractivity contribution is 0.134. The van der Waals surface area contributed by atoms with Gasteiger partial charge in [-0.15, -0.1) is 10.2 Å². The highest BCUT2D eigenvalue weighted by Crippen LogP contribution is 2.28. The first-order valence-corrected chi connectivity index (χ1v) is 6.45. The summed E-state index contributed by atoms with van der Waals surface area (Å²) in [6.07, 6.45) is 0. The van der Waals surface area contributed by atoms with Crippen LogP contribution in [0.2, 0.25) is 0 Å². The van der Waals surface area contributed by atoms with Gasteiger partial charge in [-0.05, 0) is 31.0 Å². The molecule has 0 fully saturated rings. The summed E-state index contributed by atoms with van der Waals surface area (Å²) in [6.45, 7) is 5.37. The second kappa shape index (κ2) is 4.75. The van der Waals surface area contributed by atoms with Crippen LogP contribution in [0.5, 0.6) is 0 Å². The average molecular weight is 259 g/mol. The molecule has 2 heterocycles. The predicted octanol–water partition coefficient (Wildman–Crippen LogP) is 2.05. The van der Waals surface area contributed by atoms with Crippen LogP contribution in [0, 0.1) is 0 Å². The van der Waals surface area contributed by atoms with E-state index < -0.39 is 0 Å². The number of fused-ring (bicyclic) bond motifs is 1. The fourth-order valence-electron chi connectivity index (χ4n) is 2.48. The summed E-state index contributed by atoms with van der Waals surface area (Å²) in [7, 11) is 0. The number of aliphatic hydroxyl groups excluding tert-OH is 1. The molecule has 0 radical (unpaired) electrons. The van der Waals surface area contributed by atoms with Crippen molar-refractivity contribution in [1.82, 2.24) is 14.8 Å². The highest BCUT2D eigenvalue weighted by Gasteiger charge is 2.18. The van der Waals surface area contributed by atoms with Crippen molar-refractivity contribution >= 4 is 0 Å². The van der Waals surface area contributed by atoms with Crippen molar-refractivity contribution in [2.75, 3.05) is 0 Å². The van der Waals surface area contributed by atoms with Crippen molar-refractivity contribution in [2.24, 2.45) is 0 Å². The minimum atomic E-state index is -0.0980. The molecule has 2 aromatic rings. The van der Waals surface area contributed by atoms with Gasteiger partial charge in [0.2, 0.25) is 0 Å². The Labute approximate surface area is 111 Å². The fourth-order valence-corrected chi connectivity index (χ4v) is 2.48. The molecule has 0 saturated carbocycles. The molecule has 1 aliphatic rings. The molecule has 5 heteroatoms. The Hall–Kier alpha value is -1.72. The largest absolute Gasteiger partial charge is 0.388 e. The van der Waals surface area contributed by atoms with Crippen molar-refractivity contribution in [3.05, 3.63) is 35.2 Å². The summed E-state index contributed by atoms with van der Waals surface area (Å²) < 4.78 is 7.40. The lowest BCUT2D eigenvalue weighted by Crippen LogP contribution is -2.08. The standard InChI is InChI=1S/C14H17N3O2/c1-9(2)17-13(6-18)15-16-14(17)10-3-4-11-7-19-8-12(11)5-10/h3-5,9,18H,6-8H2,1-2H3. The molecule has 0 aliphatic carbocycles. The van der Waals surface area contributed by atoms with Crippen molar-refractivity contribution in [2.45, 2.75) is 39.7 Å². The van der Waals surface area contributed by atoms with Crippen molar-refractivity contribution < 1.29 is 9.84 Å². The van der Waals surface area contributed by atoms with Crippen LogP contribution in [0.15, 0.2) is 18.2 Å². The molecule has 5 nitrogen and oxygen atoms in total. The lowest BCUT2D eigenvalue weighted by atomic mass is 10.1. The summed E-state index contributed by atoms with van der Waals surface area (Å²) in [5.74, 6) is 1.40. The monoisotopic (exact) mass is 259 g/mol. The van der Waals surface area contributed by atoms with Crippen molar-refractivity contribution in [3.8, 4) is 11.4 Å². The third-order valence-electron chi connectivity index (χ3n) is 3.40. The molecule has 1 aromatic heterocycles. The first-order chi connectivity index (χ1) is 9.20. The maximum atomic E-state index is 9.34. The molecular weight excluding hydrogens is 242 g/mol. The molecule has 1 aliphatic heterocycles. The lowest BCUT2D eigenvalue weighted by Gasteiger charge is -2.13. The maximum Gasteiger partial charge on any atom is 0.164 e. The van der Waals surface area contributed by atoms with Crippen LogP contribution < -0.4 is 0 Å². The van der Waals surface area contributed by atoms with Gasteiger partial charge in [-0.3, -0.25) is 0 Å². The van der Waals surface area contributed by atoms with Crippen LogP contribution in [-0.2, 0) is 24.6 Å². The highest BCUT2D eigenvalue weighted by atomic mass is 16.5. The summed E-state index contributed by atoms with van der Waals surface area (Å²) in [6, 6.07) is 6.43. The summed E-state index contributed by atoms with van der Waals surface area (Å²) in [4.78, 5) is 0. The first kappa shape index (κ1) is 12.3. The molecule has 3 rings (SSSR count). The van der Waals surface area contributed by atoms with Crippen LogP contribution in [-0.4, -0.2) is 19.9 Å². The zero-order valence-electron chi connectivity index (χ0n) is 11.1. The van der Waals surface area contributed by atoms with Gasteiger partial charge in [-0.25, -0.2) is 0 Å². The SMILES string of the molecule is CC(C)n1c(CO)nnc1-c1ccc2c(c1)COC2. The first-order valence-electron chi connectivity index (χ1n) is 6.45. The zero-order valence-corrected chi connectivity index (χ0v) is 11.1. The van der Waals surface area contributed by atoms with Crippen LogP contribution in [0.1, 0.15) is 36.8 Å². The van der Waals surface area contributed by atoms with E-state index in [1.165, 1.54) is 11.1 Å². The maximum absolute atomic E-state index is 9.34. The van der Waals surface area contributed by atoms with Gasteiger partial charge in [-0.1, -0.05) is 12.1 Å². The molecule has 0 spiro atoms. The summed E-state index contributed by atoms with van der Waals surface area (Å²) >= 11 is 0. The van der Waals surface area contributed by atoms with E-state index in [1.807, 2.05) is 10.6 Å². The number of rotatable bonds is 3. The number of aliphatic hydroxyl groups is 1. The molecule has 0 saturated heterocycles. The van der Waals surface area contributed by atoms with Gasteiger partial charge >= 0.3 is 0 Å². The third-order valence-corrected chi connectivity index (χ3v) is 3.40. The van der Waals surface area contributed by atoms with Gasteiger partial charge in [0.1, 0.15) is 6.61 Å². The van der Waals surface area contributed by atoms with E-state index in [4.69, 9.17) is 4.74 Å². The zero-order chi connectivity index (χ0) is 13.4. The van der Waals surface area contributed by atoms with Gasteiger partial charge in [0.25, 0.3) is 0 Å². The number of hydrogen-bond donors (Lipinski definition) is 1. The van der Waals surface area contributed by atoms with E-state index in [1.54, 1.807) is 0 Å². The Balaban J connectivity index is 2.09. The Morgan fingerprint density at radius 3 is 2.79 bits per heavy atom. The Morgan fingerprint density at radius 1 is 1.26 bits per heavy atom. The normalized spacial score (nSPS) is 14.1. The van der Waals surface area contributed by atoms with Crippen molar-refractivity contribution in [1.29, 1.82) is 0 Å². The molecule has 100 valence electrons. The van der Waals surface area contributed by atoms with E-state index in [2.05, 4.69) is 36.2 Å². The number of nitrogens with zero attached hydrogens (tertiary/aromatic N) is 3. The van der Waals surface area contributed by atoms with E-state index in [-0.39, 0.29) is 12.6 Å². The summed E-state index contributed by atoms with van der Waals surface area (Å²) in [5, 5.41) is 17.6. The van der Waals surface area contributed by atoms with Crippen LogP contribution in [0.3, 0.4) is 0 Å². The van der Waals surface area contributed by atoms with Crippen LogP contribution in [0.4, 0.5) is 0 Å². The molecule has 19 heavy (non-hydrogen) atoms. The Bertz CT molecular complexity index is 605. The second-order valence-corrected chi connectivity index (χ2v) is 5.04. The van der Waals surface area contributed by atoms with Gasteiger partial charge in [0.15, 0.2) is 11.6 Å². The Morgan fingerprint density at radius 2 is 2.05 bits per heavy atom. The smallest absolute Gasteiger partial charge is 0.164 e. The molecule has 1 N–H and O–H groups in total. The highest BCUT2D eigenvalue weighted by molar-refractivity contribution is 5.58. The van der Waals surface area contributed by atoms with Gasteiger partial charge < -0.3 is 14.4 Å². The quantitative estimate of drug-likeness (QED) is 0.916. The van der Waals surface area contributed by atoms with Gasteiger partial charge in [-0.2, -0.15) is 0 Å². The molecule has 0 bridgehead atoms. The van der Waals surface area contributed by atoms with E-state index in [0.717, 1.165) is 11.4 Å². The molecular formula is C14H17N3O2. The fraction of sp³-hybridized carbons (Fsp3) is 0.429. The van der Waals surface area contributed by atoms with Gasteiger partial charge in [0.05, 0.1) is 13.2 Å². The van der Waals surface area contributed by atoms with Crippen LogP contribution >= 0.6 is 0 Å². The summed E-state index contributed by atoms with van der Waals surface area (Å²) in [5.41, 5.74) is 3.47. The predicted molar refractivity (Wildman–Crippen MR) is 70.3 cm³/mol. The Kier molecular flexibility index (Phi) is 3.08. The molecule has 1 aromatic carbocycles. The minimum absolute atomic E-state index is 0.0980. The molecule has 0 amide bonds. The number of hydrogen-bond acceptors (Lipinski definition) is 4. The molecule has 0 atom stereocenters. The number of ether oxygens (including phenoxy) is 1. The van der Waals surface area contributed by atoms with E-state index >= 15 is 0 Å². The molecule has 0 unspecified atom stereocenters. The number of benzene rings is 1. The topological polar surface area (TPSA) is 60.2 Å². The van der Waals surface area contributed by atoms with Gasteiger partial charge in [0, 0.05) is 11.6 Å². The van der Waals surface area contributed by atoms with Crippen molar-refractivity contribution in [3.63, 3.8) is 0 Å². The van der Waals surface area contributed by atoms with Crippen LogP contribution in [0.25, 0.3) is 11.4 Å². The average Bonchev–Trinajstić information content (AvgIpc) is 3.03. The van der Waals surface area contributed by atoms with E-state index in [0.29, 0.717) is 19.0 Å². The van der Waals surface area contributed by atoms with E-state index in [9.17, 15) is 5.11 Å².